The molecule has 1 aliphatic rings. The Balaban J connectivity index is 2.01. The fourth-order valence-corrected chi connectivity index (χ4v) is 4.64. The van der Waals surface area contributed by atoms with Crippen molar-refractivity contribution in [3.05, 3.63) is 71.8 Å². The fraction of sp³-hybridized carbons (Fsp3) is 0.294. The second-order valence-corrected chi connectivity index (χ2v) is 8.91. The van der Waals surface area contributed by atoms with E-state index in [0.29, 0.717) is 0 Å². The van der Waals surface area contributed by atoms with E-state index in [1.807, 2.05) is 36.4 Å². The first-order valence-corrected chi connectivity index (χ1v) is 9.63. The Kier molecular flexibility index (Phi) is 3.91. The Hall–Kier alpha value is -1.17. The first-order valence-electron chi connectivity index (χ1n) is 7.02. The van der Waals surface area contributed by atoms with E-state index in [9.17, 15) is 8.42 Å². The van der Waals surface area contributed by atoms with Gasteiger partial charge >= 0.3 is 0 Å². The smallest absolute Gasteiger partial charge is 0.264 e. The van der Waals surface area contributed by atoms with Crippen molar-refractivity contribution >= 4 is 26.0 Å². The van der Waals surface area contributed by atoms with Crippen LogP contribution in [0.25, 0.3) is 0 Å². The second kappa shape index (κ2) is 5.48. The molecule has 2 aromatic carbocycles. The van der Waals surface area contributed by atoms with Crippen molar-refractivity contribution in [3.63, 3.8) is 0 Å². The molecule has 0 spiro atoms. The molecule has 0 saturated heterocycles. The van der Waals surface area contributed by atoms with Gasteiger partial charge in [0, 0.05) is 5.41 Å². The number of alkyl halides is 1. The maximum absolute atomic E-state index is 11.3. The van der Waals surface area contributed by atoms with E-state index >= 15 is 0 Å². The summed E-state index contributed by atoms with van der Waals surface area (Å²) in [5, 5.41) is 0. The van der Waals surface area contributed by atoms with E-state index in [4.69, 9.17) is 4.18 Å². The summed E-state index contributed by atoms with van der Waals surface area (Å²) in [5.74, 6) is 0. The highest BCUT2D eigenvalue weighted by Crippen LogP contribution is 2.66. The summed E-state index contributed by atoms with van der Waals surface area (Å²) < 4.78 is 27.4. The molecule has 1 atom stereocenters. The van der Waals surface area contributed by atoms with E-state index in [1.54, 1.807) is 0 Å². The number of benzene rings is 2. The Morgan fingerprint density at radius 3 is 1.86 bits per heavy atom. The van der Waals surface area contributed by atoms with Crippen LogP contribution in [0.2, 0.25) is 0 Å². The predicted octanol–water partition coefficient (Wildman–Crippen LogP) is 3.49. The molecule has 0 aromatic heterocycles. The van der Waals surface area contributed by atoms with Crippen LogP contribution in [0.4, 0.5) is 0 Å². The van der Waals surface area contributed by atoms with Gasteiger partial charge in [-0.25, -0.2) is 0 Å². The summed E-state index contributed by atoms with van der Waals surface area (Å²) in [5.41, 5.74) is 2.06. The minimum atomic E-state index is -3.46. The van der Waals surface area contributed by atoms with Crippen molar-refractivity contribution in [1.29, 1.82) is 0 Å². The highest BCUT2D eigenvalue weighted by Gasteiger charge is 2.68. The Labute approximate surface area is 139 Å². The molecule has 3 rings (SSSR count). The van der Waals surface area contributed by atoms with Gasteiger partial charge in [-0.3, -0.25) is 4.18 Å². The van der Waals surface area contributed by atoms with Crippen LogP contribution < -0.4 is 0 Å². The summed E-state index contributed by atoms with van der Waals surface area (Å²) in [4.78, 5) is 0. The van der Waals surface area contributed by atoms with Crippen LogP contribution >= 0.6 is 15.9 Å². The van der Waals surface area contributed by atoms with Crippen LogP contribution in [0.1, 0.15) is 17.5 Å². The number of hydrogen-bond donors (Lipinski definition) is 0. The lowest BCUT2D eigenvalue weighted by Crippen LogP contribution is -2.26. The number of hydrogen-bond acceptors (Lipinski definition) is 3. The zero-order chi connectivity index (χ0) is 15.8. The Morgan fingerprint density at radius 1 is 1.00 bits per heavy atom. The summed E-state index contributed by atoms with van der Waals surface area (Å²) in [7, 11) is -3.46. The molecule has 1 saturated carbocycles. The van der Waals surface area contributed by atoms with Crippen LogP contribution in [-0.4, -0.2) is 25.6 Å². The van der Waals surface area contributed by atoms with E-state index in [0.717, 1.165) is 23.8 Å². The van der Waals surface area contributed by atoms with Gasteiger partial charge in [-0.1, -0.05) is 76.6 Å². The molecule has 0 N–H and O–H groups in total. The number of rotatable bonds is 5. The topological polar surface area (TPSA) is 43.4 Å². The highest BCUT2D eigenvalue weighted by molar-refractivity contribution is 9.10. The molecule has 0 amide bonds. The lowest BCUT2D eigenvalue weighted by molar-refractivity contribution is 0.311. The van der Waals surface area contributed by atoms with Crippen LogP contribution in [0.3, 0.4) is 0 Å². The molecule has 22 heavy (non-hydrogen) atoms. The zero-order valence-corrected chi connectivity index (χ0v) is 14.6. The van der Waals surface area contributed by atoms with Crippen LogP contribution in [0, 0.1) is 0 Å². The predicted molar refractivity (Wildman–Crippen MR) is 90.7 cm³/mol. The summed E-state index contributed by atoms with van der Waals surface area (Å²) in [6, 6.07) is 20.3. The molecule has 5 heteroatoms. The first kappa shape index (κ1) is 15.7. The fourth-order valence-electron chi connectivity index (χ4n) is 3.08. The molecule has 0 bridgehead atoms. The van der Waals surface area contributed by atoms with Gasteiger partial charge in [0.15, 0.2) is 0 Å². The third kappa shape index (κ3) is 2.73. The lowest BCUT2D eigenvalue weighted by atomic mass is 9.86. The molecule has 0 unspecified atom stereocenters. The van der Waals surface area contributed by atoms with Gasteiger partial charge in [0.1, 0.15) is 0 Å². The van der Waals surface area contributed by atoms with Crippen molar-refractivity contribution in [3.8, 4) is 0 Å². The van der Waals surface area contributed by atoms with Gasteiger partial charge < -0.3 is 0 Å². The van der Waals surface area contributed by atoms with E-state index in [2.05, 4.69) is 40.2 Å². The molecule has 0 radical (unpaired) electrons. The molecule has 3 nitrogen and oxygen atoms in total. The molecule has 116 valence electrons. The summed E-state index contributed by atoms with van der Waals surface area (Å²) in [6.45, 7) is 0.121. The standard InChI is InChI=1S/C17H17BrO3S/c1-22(19,20)21-13-16(18)12-17(16,14-8-4-2-5-9-14)15-10-6-3-7-11-15/h2-11H,12-13H2,1H3/t16-/m0/s1. The van der Waals surface area contributed by atoms with Gasteiger partial charge in [-0.15, -0.1) is 0 Å². The van der Waals surface area contributed by atoms with E-state index in [1.165, 1.54) is 0 Å². The SMILES string of the molecule is CS(=O)(=O)OC[C@@]1(Br)CC1(c1ccccc1)c1ccccc1. The van der Waals surface area contributed by atoms with Crippen LogP contribution in [-0.2, 0) is 19.7 Å². The van der Waals surface area contributed by atoms with Crippen LogP contribution in [0.5, 0.6) is 0 Å². The maximum Gasteiger partial charge on any atom is 0.264 e. The van der Waals surface area contributed by atoms with E-state index < -0.39 is 14.4 Å². The van der Waals surface area contributed by atoms with E-state index in [-0.39, 0.29) is 12.0 Å². The highest BCUT2D eigenvalue weighted by atomic mass is 79.9. The van der Waals surface area contributed by atoms with Crippen molar-refractivity contribution in [1.82, 2.24) is 0 Å². The molecule has 2 aromatic rings. The summed E-state index contributed by atoms with van der Waals surface area (Å²) >= 11 is 3.75. The average Bonchev–Trinajstić information content (AvgIpc) is 3.15. The van der Waals surface area contributed by atoms with Crippen LogP contribution in [0.15, 0.2) is 60.7 Å². The normalized spacial score (nSPS) is 23.2. The summed E-state index contributed by atoms with van der Waals surface area (Å²) in [6.07, 6.45) is 1.88. The van der Waals surface area contributed by atoms with Gasteiger partial charge in [-0.05, 0) is 17.5 Å². The van der Waals surface area contributed by atoms with Gasteiger partial charge in [0.05, 0.1) is 17.2 Å². The molecule has 1 fully saturated rings. The van der Waals surface area contributed by atoms with Crippen molar-refractivity contribution in [2.75, 3.05) is 12.9 Å². The third-order valence-electron chi connectivity index (χ3n) is 4.22. The van der Waals surface area contributed by atoms with Gasteiger partial charge in [-0.2, -0.15) is 8.42 Å². The van der Waals surface area contributed by atoms with Crippen molar-refractivity contribution in [2.24, 2.45) is 0 Å². The monoisotopic (exact) mass is 380 g/mol. The molecular formula is C17H17BrO3S. The third-order valence-corrected chi connectivity index (χ3v) is 5.95. The Morgan fingerprint density at radius 2 is 1.45 bits per heavy atom. The number of halogens is 1. The molecule has 0 aliphatic heterocycles. The largest absolute Gasteiger partial charge is 0.269 e. The second-order valence-electron chi connectivity index (χ2n) is 5.75. The van der Waals surface area contributed by atoms with Gasteiger partial charge in [0.2, 0.25) is 0 Å². The molecule has 0 heterocycles. The first-order chi connectivity index (χ1) is 10.4. The lowest BCUT2D eigenvalue weighted by Gasteiger charge is -2.23. The quantitative estimate of drug-likeness (QED) is 0.588. The zero-order valence-electron chi connectivity index (χ0n) is 12.2. The van der Waals surface area contributed by atoms with Crippen molar-refractivity contribution < 1.29 is 12.6 Å². The maximum atomic E-state index is 11.3. The minimum absolute atomic E-state index is 0.121. The molecule has 1 aliphatic carbocycles. The van der Waals surface area contributed by atoms with Crippen molar-refractivity contribution in [2.45, 2.75) is 16.2 Å². The minimum Gasteiger partial charge on any atom is -0.269 e. The average molecular weight is 381 g/mol. The Bertz CT molecular complexity index is 720. The molecular weight excluding hydrogens is 364 g/mol. The van der Waals surface area contributed by atoms with Gasteiger partial charge in [0.25, 0.3) is 10.1 Å².